The molecule has 3 heteroatoms. The van der Waals surface area contributed by atoms with Crippen LogP contribution in [-0.2, 0) is 0 Å². The summed E-state index contributed by atoms with van der Waals surface area (Å²) in [6, 6.07) is 0.418. The maximum absolute atomic E-state index is 3.87. The molecule has 0 unspecified atom stereocenters. The van der Waals surface area contributed by atoms with Crippen molar-refractivity contribution in [2.24, 2.45) is 4.99 Å². The third-order valence-electron chi connectivity index (χ3n) is 1.05. The van der Waals surface area contributed by atoms with Crippen LogP contribution in [0, 0.1) is 0 Å². The van der Waals surface area contributed by atoms with Gasteiger partial charge in [0.1, 0.15) is 0 Å². The molecule has 2 nitrogen and oxygen atoms in total. The highest BCUT2D eigenvalue weighted by atomic mass is 31.0. The van der Waals surface area contributed by atoms with E-state index in [9.17, 15) is 0 Å². The van der Waals surface area contributed by atoms with Crippen molar-refractivity contribution in [3.8, 4) is 0 Å². The third-order valence-corrected chi connectivity index (χ3v) is 1.35. The number of nitrogens with zero attached hydrogens (tertiary/aromatic N) is 2. The monoisotopic (exact) mass is 156 g/mol. The molecular formula is C7H13N2P. The van der Waals surface area contributed by atoms with E-state index >= 15 is 0 Å². The predicted molar refractivity (Wildman–Crippen MR) is 50.0 cm³/mol. The Morgan fingerprint density at radius 1 is 1.60 bits per heavy atom. The summed E-state index contributed by atoms with van der Waals surface area (Å²) < 4.78 is 0. The Labute approximate surface area is 64.5 Å². The van der Waals surface area contributed by atoms with Gasteiger partial charge in [-0.05, 0) is 13.8 Å². The third kappa shape index (κ3) is 3.41. The highest BCUT2D eigenvalue weighted by Crippen LogP contribution is 1.90. The summed E-state index contributed by atoms with van der Waals surface area (Å²) in [6.07, 6.45) is 3.22. The lowest BCUT2D eigenvalue weighted by Crippen LogP contribution is -2.26. The van der Waals surface area contributed by atoms with Crippen LogP contribution in [0.25, 0.3) is 0 Å². The first kappa shape index (κ1) is 9.38. The first-order valence-corrected chi connectivity index (χ1v) is 3.72. The van der Waals surface area contributed by atoms with Crippen molar-refractivity contribution >= 4 is 21.1 Å². The molecule has 10 heavy (non-hydrogen) atoms. The maximum atomic E-state index is 3.87. The van der Waals surface area contributed by atoms with E-state index in [1.165, 1.54) is 6.20 Å². The molecule has 0 atom stereocenters. The zero-order valence-corrected chi connectivity index (χ0v) is 7.41. The Morgan fingerprint density at radius 3 is 2.50 bits per heavy atom. The summed E-state index contributed by atoms with van der Waals surface area (Å²) in [7, 11) is 3.27. The molecule has 0 aliphatic rings. The van der Waals surface area contributed by atoms with Gasteiger partial charge in [0, 0.05) is 18.2 Å². The Kier molecular flexibility index (Phi) is 4.87. The molecule has 0 saturated carbocycles. The summed E-state index contributed by atoms with van der Waals surface area (Å²) in [6.45, 7) is 7.62. The van der Waals surface area contributed by atoms with E-state index in [2.05, 4.69) is 34.3 Å². The van der Waals surface area contributed by atoms with E-state index in [-0.39, 0.29) is 0 Å². The second-order valence-electron chi connectivity index (χ2n) is 2.12. The minimum atomic E-state index is 0.418. The fraction of sp³-hybridized carbons (Fsp3) is 0.429. The summed E-state index contributed by atoms with van der Waals surface area (Å²) in [5, 5.41) is 0. The minimum absolute atomic E-state index is 0.418. The van der Waals surface area contributed by atoms with Gasteiger partial charge < -0.3 is 4.90 Å². The van der Waals surface area contributed by atoms with E-state index in [0.717, 1.165) is 0 Å². The van der Waals surface area contributed by atoms with Crippen LogP contribution in [-0.4, -0.2) is 23.2 Å². The van der Waals surface area contributed by atoms with Gasteiger partial charge in [0.2, 0.25) is 0 Å². The highest BCUT2D eigenvalue weighted by Gasteiger charge is 1.97. The Morgan fingerprint density at radius 2 is 2.20 bits per heavy atom. The van der Waals surface area contributed by atoms with Crippen molar-refractivity contribution in [1.29, 1.82) is 0 Å². The zero-order chi connectivity index (χ0) is 7.98. The predicted octanol–water partition coefficient (Wildman–Crippen LogP) is 1.77. The van der Waals surface area contributed by atoms with Crippen LogP contribution in [0.1, 0.15) is 13.8 Å². The van der Waals surface area contributed by atoms with Crippen LogP contribution < -0.4 is 0 Å². The largest absolute Gasteiger partial charge is 0.333 e. The van der Waals surface area contributed by atoms with E-state index < -0.39 is 0 Å². The Balaban J connectivity index is 3.94. The van der Waals surface area contributed by atoms with Gasteiger partial charge in [0.05, 0.1) is 6.34 Å². The van der Waals surface area contributed by atoms with Gasteiger partial charge in [-0.15, -0.1) is 8.86 Å². The molecule has 56 valence electrons. The van der Waals surface area contributed by atoms with Gasteiger partial charge in [-0.1, -0.05) is 6.58 Å². The highest BCUT2D eigenvalue weighted by molar-refractivity contribution is 7.18. The van der Waals surface area contributed by atoms with Crippen molar-refractivity contribution in [2.45, 2.75) is 19.9 Å². The molecule has 0 aromatic rings. The SMILES string of the molecule is C=CN=CN(C=P)C(C)C. The molecule has 0 heterocycles. The van der Waals surface area contributed by atoms with Crippen LogP contribution >= 0.6 is 8.86 Å². The van der Waals surface area contributed by atoms with Crippen molar-refractivity contribution in [1.82, 2.24) is 4.90 Å². The Bertz CT molecular complexity index is 141. The average Bonchev–Trinajstić information content (AvgIpc) is 1.89. The van der Waals surface area contributed by atoms with Gasteiger partial charge in [-0.3, -0.25) is 0 Å². The molecule has 0 aliphatic heterocycles. The van der Waals surface area contributed by atoms with Crippen molar-refractivity contribution in [3.05, 3.63) is 12.8 Å². The second kappa shape index (κ2) is 5.19. The first-order chi connectivity index (χ1) is 4.72. The standard InChI is InChI=1S/C7H13N2P/c1-4-8-5-9(6-10)7(2)3/h4-7,10H,1H2,2-3H3. The fourth-order valence-electron chi connectivity index (χ4n) is 0.440. The lowest BCUT2D eigenvalue weighted by Gasteiger charge is -2.17. The van der Waals surface area contributed by atoms with Gasteiger partial charge >= 0.3 is 0 Å². The molecule has 0 spiro atoms. The van der Waals surface area contributed by atoms with Gasteiger partial charge in [-0.2, -0.15) is 0 Å². The van der Waals surface area contributed by atoms with E-state index in [4.69, 9.17) is 0 Å². The van der Waals surface area contributed by atoms with Gasteiger partial charge in [-0.25, -0.2) is 4.99 Å². The number of hydrogen-bond donors (Lipinski definition) is 0. The lowest BCUT2D eigenvalue weighted by atomic mass is 10.4. The molecule has 0 saturated heterocycles. The lowest BCUT2D eigenvalue weighted by molar-refractivity contribution is 0.530. The molecular weight excluding hydrogens is 143 g/mol. The molecule has 0 N–H and O–H groups in total. The topological polar surface area (TPSA) is 15.6 Å². The zero-order valence-electron chi connectivity index (χ0n) is 6.41. The van der Waals surface area contributed by atoms with Crippen molar-refractivity contribution < 1.29 is 0 Å². The first-order valence-electron chi connectivity index (χ1n) is 3.14. The van der Waals surface area contributed by atoms with Crippen molar-refractivity contribution in [3.63, 3.8) is 0 Å². The van der Waals surface area contributed by atoms with Gasteiger partial charge in [0.25, 0.3) is 0 Å². The van der Waals surface area contributed by atoms with Crippen LogP contribution in [0.15, 0.2) is 17.8 Å². The molecule has 0 aromatic carbocycles. The Hall–Kier alpha value is -0.620. The number of hydrogen-bond acceptors (Lipinski definition) is 1. The summed E-state index contributed by atoms with van der Waals surface area (Å²) in [4.78, 5) is 5.80. The molecule has 0 radical (unpaired) electrons. The van der Waals surface area contributed by atoms with Crippen LogP contribution in [0.4, 0.5) is 0 Å². The molecule has 0 rings (SSSR count). The van der Waals surface area contributed by atoms with Crippen LogP contribution in [0.2, 0.25) is 0 Å². The summed E-state index contributed by atoms with van der Waals surface area (Å²) in [5.41, 5.74) is 0. The minimum Gasteiger partial charge on any atom is -0.333 e. The molecule has 0 fully saturated rings. The summed E-state index contributed by atoms with van der Waals surface area (Å²) >= 11 is 0. The van der Waals surface area contributed by atoms with Crippen molar-refractivity contribution in [2.75, 3.05) is 0 Å². The van der Waals surface area contributed by atoms with E-state index in [1.807, 2.05) is 4.90 Å². The molecule has 0 aromatic heterocycles. The van der Waals surface area contributed by atoms with Crippen LogP contribution in [0.3, 0.4) is 0 Å². The smallest absolute Gasteiger partial charge is 0.0949 e. The summed E-state index contributed by atoms with van der Waals surface area (Å²) in [5.74, 6) is 1.79. The maximum Gasteiger partial charge on any atom is 0.0949 e. The number of aliphatic imine (C=N–C) groups is 1. The van der Waals surface area contributed by atoms with Crippen LogP contribution in [0.5, 0.6) is 0 Å². The number of rotatable bonds is 4. The van der Waals surface area contributed by atoms with Gasteiger partial charge in [0.15, 0.2) is 0 Å². The van der Waals surface area contributed by atoms with E-state index in [0.29, 0.717) is 6.04 Å². The quantitative estimate of drug-likeness (QED) is 0.344. The molecule has 0 bridgehead atoms. The second-order valence-corrected chi connectivity index (χ2v) is 2.38. The van der Waals surface area contributed by atoms with E-state index in [1.54, 1.807) is 12.3 Å². The molecule has 0 amide bonds. The average molecular weight is 156 g/mol. The molecule has 0 aliphatic carbocycles. The normalized spacial score (nSPS) is 10.3. The fourth-order valence-corrected chi connectivity index (χ4v) is 0.805.